The van der Waals surface area contributed by atoms with Crippen molar-refractivity contribution >= 4 is 0 Å². The highest BCUT2D eigenvalue weighted by molar-refractivity contribution is 5.26. The Morgan fingerprint density at radius 1 is 1.44 bits per heavy atom. The van der Waals surface area contributed by atoms with Crippen LogP contribution in [-0.2, 0) is 4.74 Å². The number of rotatable bonds is 5. The molecule has 1 atom stereocenters. The molecule has 0 aromatic carbocycles. The number of likely N-dealkylation sites (N-methyl/N-ethyl adjacent to an activating group) is 1. The van der Waals surface area contributed by atoms with Gasteiger partial charge in [-0.3, -0.25) is 4.98 Å². The van der Waals surface area contributed by atoms with Gasteiger partial charge in [-0.05, 0) is 18.7 Å². The first kappa shape index (κ1) is 13.3. The summed E-state index contributed by atoms with van der Waals surface area (Å²) in [7, 11) is 3.81. The Labute approximate surface area is 108 Å². The molecule has 0 saturated carbocycles. The summed E-state index contributed by atoms with van der Waals surface area (Å²) in [5.74, 6) is 0.805. The summed E-state index contributed by atoms with van der Waals surface area (Å²) in [5.41, 5.74) is 1.18. The Hall–Kier alpha value is -1.17. The fourth-order valence-electron chi connectivity index (χ4n) is 2.07. The molecule has 0 spiro atoms. The second-order valence-electron chi connectivity index (χ2n) is 4.56. The Kier molecular flexibility index (Phi) is 4.92. The van der Waals surface area contributed by atoms with Crippen LogP contribution in [0.3, 0.4) is 0 Å². The van der Waals surface area contributed by atoms with Gasteiger partial charge in [0.15, 0.2) is 0 Å². The summed E-state index contributed by atoms with van der Waals surface area (Å²) in [4.78, 5) is 6.56. The Morgan fingerprint density at radius 3 is 3.11 bits per heavy atom. The van der Waals surface area contributed by atoms with E-state index >= 15 is 0 Å². The van der Waals surface area contributed by atoms with Crippen molar-refractivity contribution in [1.82, 2.24) is 15.2 Å². The Bertz CT molecular complexity index is 373. The van der Waals surface area contributed by atoms with Gasteiger partial charge in [-0.25, -0.2) is 0 Å². The fraction of sp³-hybridized carbons (Fsp3) is 0.615. The van der Waals surface area contributed by atoms with Crippen LogP contribution in [-0.4, -0.2) is 56.9 Å². The molecular weight excluding hydrogens is 230 g/mol. The zero-order chi connectivity index (χ0) is 12.8. The van der Waals surface area contributed by atoms with Gasteiger partial charge in [-0.15, -0.1) is 0 Å². The number of nitrogens with zero attached hydrogens (tertiary/aromatic N) is 2. The van der Waals surface area contributed by atoms with Crippen molar-refractivity contribution < 1.29 is 9.47 Å². The normalized spacial score (nSPS) is 20.9. The number of methoxy groups -OCH3 is 1. The summed E-state index contributed by atoms with van der Waals surface area (Å²) in [6.07, 6.45) is 3.64. The topological polar surface area (TPSA) is 46.6 Å². The van der Waals surface area contributed by atoms with Crippen LogP contribution in [0.1, 0.15) is 11.6 Å². The lowest BCUT2D eigenvalue weighted by molar-refractivity contribution is 0.146. The van der Waals surface area contributed by atoms with Crippen LogP contribution in [0.5, 0.6) is 5.75 Å². The van der Waals surface area contributed by atoms with E-state index in [2.05, 4.69) is 28.3 Å². The highest BCUT2D eigenvalue weighted by Crippen LogP contribution is 2.20. The molecule has 0 amide bonds. The molecule has 1 aromatic heterocycles. The quantitative estimate of drug-likeness (QED) is 0.780. The molecule has 100 valence electrons. The summed E-state index contributed by atoms with van der Waals surface area (Å²) >= 11 is 0. The van der Waals surface area contributed by atoms with E-state index < -0.39 is 0 Å². The second-order valence-corrected chi connectivity index (χ2v) is 4.56. The molecule has 0 aliphatic carbocycles. The van der Waals surface area contributed by atoms with Crippen molar-refractivity contribution in [2.24, 2.45) is 0 Å². The molecule has 18 heavy (non-hydrogen) atoms. The zero-order valence-electron chi connectivity index (χ0n) is 11.1. The monoisotopic (exact) mass is 251 g/mol. The highest BCUT2D eigenvalue weighted by Gasteiger charge is 2.18. The van der Waals surface area contributed by atoms with E-state index in [1.165, 1.54) is 5.56 Å². The van der Waals surface area contributed by atoms with E-state index in [1.807, 2.05) is 6.20 Å². The van der Waals surface area contributed by atoms with Crippen LogP contribution < -0.4 is 10.1 Å². The predicted octanol–water partition coefficient (Wildman–Crippen LogP) is 0.683. The van der Waals surface area contributed by atoms with Gasteiger partial charge < -0.3 is 19.7 Å². The van der Waals surface area contributed by atoms with Gasteiger partial charge in [0.1, 0.15) is 12.4 Å². The third kappa shape index (κ3) is 3.66. The number of hydrogen-bond donors (Lipinski definition) is 1. The first-order valence-electron chi connectivity index (χ1n) is 6.28. The van der Waals surface area contributed by atoms with Crippen molar-refractivity contribution in [2.75, 3.05) is 47.0 Å². The van der Waals surface area contributed by atoms with Crippen LogP contribution in [0.2, 0.25) is 0 Å². The van der Waals surface area contributed by atoms with Crippen LogP contribution in [0.4, 0.5) is 0 Å². The minimum Gasteiger partial charge on any atom is -0.490 e. The predicted molar refractivity (Wildman–Crippen MR) is 69.8 cm³/mol. The molecule has 2 rings (SSSR count). The van der Waals surface area contributed by atoms with Crippen LogP contribution >= 0.6 is 0 Å². The van der Waals surface area contributed by atoms with Crippen molar-refractivity contribution in [3.8, 4) is 5.75 Å². The van der Waals surface area contributed by atoms with Crippen molar-refractivity contribution in [1.29, 1.82) is 0 Å². The van der Waals surface area contributed by atoms with E-state index in [0.717, 1.165) is 25.4 Å². The molecule has 1 unspecified atom stereocenters. The third-order valence-corrected chi connectivity index (χ3v) is 3.07. The lowest BCUT2D eigenvalue weighted by atomic mass is 10.1. The highest BCUT2D eigenvalue weighted by atomic mass is 16.5. The SMILES string of the molecule is COCCOc1cncc(C2CN(C)CCN2)c1. The molecule has 5 nitrogen and oxygen atoms in total. The van der Waals surface area contributed by atoms with E-state index in [-0.39, 0.29) is 0 Å². The smallest absolute Gasteiger partial charge is 0.138 e. The standard InChI is InChI=1S/C13H21N3O2/c1-16-4-3-15-13(10-16)11-7-12(9-14-8-11)18-6-5-17-2/h7-9,13,15H,3-6,10H2,1-2H3. The van der Waals surface area contributed by atoms with Crippen LogP contribution in [0.15, 0.2) is 18.5 Å². The van der Waals surface area contributed by atoms with Crippen LogP contribution in [0, 0.1) is 0 Å². The van der Waals surface area contributed by atoms with Crippen molar-refractivity contribution in [2.45, 2.75) is 6.04 Å². The van der Waals surface area contributed by atoms with E-state index in [1.54, 1.807) is 13.3 Å². The fourth-order valence-corrected chi connectivity index (χ4v) is 2.07. The summed E-state index contributed by atoms with van der Waals surface area (Å²) in [5, 5.41) is 3.50. The first-order chi connectivity index (χ1) is 8.79. The van der Waals surface area contributed by atoms with Crippen molar-refractivity contribution in [3.63, 3.8) is 0 Å². The Morgan fingerprint density at radius 2 is 2.33 bits per heavy atom. The summed E-state index contributed by atoms with van der Waals surface area (Å²) in [6.45, 7) is 4.25. The van der Waals surface area contributed by atoms with E-state index in [9.17, 15) is 0 Å². The van der Waals surface area contributed by atoms with Crippen molar-refractivity contribution in [3.05, 3.63) is 24.0 Å². The molecular formula is C13H21N3O2. The maximum Gasteiger partial charge on any atom is 0.138 e. The van der Waals surface area contributed by atoms with E-state index in [4.69, 9.17) is 9.47 Å². The van der Waals surface area contributed by atoms with Gasteiger partial charge in [-0.1, -0.05) is 0 Å². The maximum absolute atomic E-state index is 5.58. The lowest BCUT2D eigenvalue weighted by Gasteiger charge is -2.31. The van der Waals surface area contributed by atoms with Gasteiger partial charge in [0.05, 0.1) is 12.8 Å². The van der Waals surface area contributed by atoms with Gasteiger partial charge in [0.25, 0.3) is 0 Å². The molecule has 2 heterocycles. The number of pyridine rings is 1. The molecule has 1 fully saturated rings. The lowest BCUT2D eigenvalue weighted by Crippen LogP contribution is -2.43. The van der Waals surface area contributed by atoms with E-state index in [0.29, 0.717) is 19.3 Å². The van der Waals surface area contributed by atoms with Gasteiger partial charge >= 0.3 is 0 Å². The summed E-state index contributed by atoms with van der Waals surface area (Å²) in [6, 6.07) is 2.39. The molecule has 0 bridgehead atoms. The molecule has 1 aliphatic rings. The maximum atomic E-state index is 5.58. The average Bonchev–Trinajstić information content (AvgIpc) is 2.39. The molecule has 0 radical (unpaired) electrons. The van der Waals surface area contributed by atoms with Gasteiger partial charge in [0.2, 0.25) is 0 Å². The number of hydrogen-bond acceptors (Lipinski definition) is 5. The minimum atomic E-state index is 0.335. The first-order valence-corrected chi connectivity index (χ1v) is 6.28. The minimum absolute atomic E-state index is 0.335. The summed E-state index contributed by atoms with van der Waals surface area (Å²) < 4.78 is 10.5. The number of ether oxygens (including phenoxy) is 2. The largest absolute Gasteiger partial charge is 0.490 e. The zero-order valence-corrected chi connectivity index (χ0v) is 11.1. The average molecular weight is 251 g/mol. The third-order valence-electron chi connectivity index (χ3n) is 3.07. The molecule has 1 aromatic rings. The number of piperazine rings is 1. The number of nitrogens with one attached hydrogen (secondary N) is 1. The van der Waals surface area contributed by atoms with Gasteiger partial charge in [-0.2, -0.15) is 0 Å². The van der Waals surface area contributed by atoms with Gasteiger partial charge in [0, 0.05) is 39.0 Å². The second kappa shape index (κ2) is 6.68. The number of aromatic nitrogens is 1. The Balaban J connectivity index is 1.97. The molecule has 1 aliphatic heterocycles. The molecule has 1 saturated heterocycles. The molecule has 1 N–H and O–H groups in total. The van der Waals surface area contributed by atoms with Crippen LogP contribution in [0.25, 0.3) is 0 Å². The molecule has 5 heteroatoms.